The fourth-order valence-corrected chi connectivity index (χ4v) is 1.54. The van der Waals surface area contributed by atoms with Gasteiger partial charge in [0.15, 0.2) is 0 Å². The highest BCUT2D eigenvalue weighted by Crippen LogP contribution is 2.14. The molecule has 0 radical (unpaired) electrons. The van der Waals surface area contributed by atoms with E-state index in [1.807, 2.05) is 6.92 Å². The minimum atomic E-state index is -0.324. The van der Waals surface area contributed by atoms with Crippen molar-refractivity contribution in [1.82, 2.24) is 9.78 Å². The standard InChI is InChI=1S/C11H18ClN3O3/c1-3-18-6-4-13-9-8-14-15(5-7-17-2)11(16)10(9)12/h8,13H,3-7H2,1-2H3. The number of aromatic nitrogens is 2. The summed E-state index contributed by atoms with van der Waals surface area (Å²) in [5.41, 5.74) is 0.199. The molecule has 1 heterocycles. The Morgan fingerprint density at radius 2 is 2.28 bits per heavy atom. The van der Waals surface area contributed by atoms with Gasteiger partial charge in [-0.25, -0.2) is 4.68 Å². The fraction of sp³-hybridized carbons (Fsp3) is 0.636. The molecule has 6 nitrogen and oxygen atoms in total. The van der Waals surface area contributed by atoms with Gasteiger partial charge in [-0.2, -0.15) is 5.10 Å². The van der Waals surface area contributed by atoms with Crippen molar-refractivity contribution in [2.24, 2.45) is 0 Å². The Hall–Kier alpha value is -1.11. The van der Waals surface area contributed by atoms with E-state index in [4.69, 9.17) is 21.1 Å². The van der Waals surface area contributed by atoms with E-state index in [9.17, 15) is 4.79 Å². The van der Waals surface area contributed by atoms with Crippen LogP contribution in [-0.4, -0.2) is 43.3 Å². The van der Waals surface area contributed by atoms with E-state index in [0.29, 0.717) is 38.6 Å². The molecule has 0 aliphatic carbocycles. The number of nitrogens with zero attached hydrogens (tertiary/aromatic N) is 2. The summed E-state index contributed by atoms with van der Waals surface area (Å²) in [4.78, 5) is 11.8. The normalized spacial score (nSPS) is 10.6. The molecule has 0 fully saturated rings. The van der Waals surface area contributed by atoms with Crippen LogP contribution >= 0.6 is 11.6 Å². The first-order chi connectivity index (χ1) is 8.70. The summed E-state index contributed by atoms with van der Waals surface area (Å²) in [5.74, 6) is 0. The summed E-state index contributed by atoms with van der Waals surface area (Å²) >= 11 is 5.97. The first-order valence-electron chi connectivity index (χ1n) is 5.76. The van der Waals surface area contributed by atoms with Gasteiger partial charge in [-0.05, 0) is 6.92 Å². The molecule has 0 unspecified atom stereocenters. The molecule has 102 valence electrons. The van der Waals surface area contributed by atoms with Crippen LogP contribution in [0.5, 0.6) is 0 Å². The zero-order chi connectivity index (χ0) is 13.4. The molecule has 0 aromatic carbocycles. The van der Waals surface area contributed by atoms with Crippen LogP contribution < -0.4 is 10.9 Å². The highest BCUT2D eigenvalue weighted by Gasteiger charge is 2.08. The first kappa shape index (κ1) is 14.9. The Bertz CT molecular complexity index is 422. The average Bonchev–Trinajstić information content (AvgIpc) is 2.38. The van der Waals surface area contributed by atoms with Crippen molar-refractivity contribution in [3.8, 4) is 0 Å². The number of methoxy groups -OCH3 is 1. The van der Waals surface area contributed by atoms with Gasteiger partial charge in [-0.3, -0.25) is 4.79 Å². The summed E-state index contributed by atoms with van der Waals surface area (Å²) in [6.45, 7) is 4.52. The molecule has 1 N–H and O–H groups in total. The maximum Gasteiger partial charge on any atom is 0.287 e. The number of nitrogens with one attached hydrogen (secondary N) is 1. The molecule has 0 bridgehead atoms. The summed E-state index contributed by atoms with van der Waals surface area (Å²) in [6.07, 6.45) is 1.53. The molecular formula is C11H18ClN3O3. The SMILES string of the molecule is CCOCCNc1cnn(CCOC)c(=O)c1Cl. The quantitative estimate of drug-likeness (QED) is 0.717. The van der Waals surface area contributed by atoms with Crippen molar-refractivity contribution in [2.45, 2.75) is 13.5 Å². The molecule has 7 heteroatoms. The van der Waals surface area contributed by atoms with E-state index < -0.39 is 0 Å². The van der Waals surface area contributed by atoms with Gasteiger partial charge >= 0.3 is 0 Å². The third-order valence-electron chi connectivity index (χ3n) is 2.26. The van der Waals surface area contributed by atoms with E-state index in [1.165, 1.54) is 10.9 Å². The van der Waals surface area contributed by atoms with Crippen LogP contribution in [0, 0.1) is 0 Å². The molecule has 0 spiro atoms. The molecule has 18 heavy (non-hydrogen) atoms. The Morgan fingerprint density at radius 3 is 2.94 bits per heavy atom. The van der Waals surface area contributed by atoms with Crippen LogP contribution in [0.15, 0.2) is 11.0 Å². The van der Waals surface area contributed by atoms with Crippen LogP contribution in [0.2, 0.25) is 5.02 Å². The molecule has 0 saturated heterocycles. The lowest BCUT2D eigenvalue weighted by Crippen LogP contribution is -2.26. The van der Waals surface area contributed by atoms with Crippen LogP contribution in [0.4, 0.5) is 5.69 Å². The molecule has 0 aliphatic rings. The third-order valence-corrected chi connectivity index (χ3v) is 2.62. The Labute approximate surface area is 111 Å². The van der Waals surface area contributed by atoms with E-state index in [2.05, 4.69) is 10.4 Å². The molecule has 0 amide bonds. The number of anilines is 1. The molecule has 0 saturated carbocycles. The number of hydrogen-bond donors (Lipinski definition) is 1. The molecule has 1 rings (SSSR count). The van der Waals surface area contributed by atoms with Crippen molar-refractivity contribution in [3.63, 3.8) is 0 Å². The molecule has 1 aromatic heterocycles. The maximum atomic E-state index is 11.8. The van der Waals surface area contributed by atoms with Crippen molar-refractivity contribution >= 4 is 17.3 Å². The highest BCUT2D eigenvalue weighted by atomic mass is 35.5. The third kappa shape index (κ3) is 4.29. The fourth-order valence-electron chi connectivity index (χ4n) is 1.33. The van der Waals surface area contributed by atoms with Gasteiger partial charge in [0, 0.05) is 20.3 Å². The van der Waals surface area contributed by atoms with Gasteiger partial charge in [0.05, 0.1) is 31.6 Å². The van der Waals surface area contributed by atoms with Crippen LogP contribution in [0.1, 0.15) is 6.92 Å². The van der Waals surface area contributed by atoms with Gasteiger partial charge in [0.1, 0.15) is 5.02 Å². The zero-order valence-electron chi connectivity index (χ0n) is 10.6. The predicted molar refractivity (Wildman–Crippen MR) is 70.4 cm³/mol. The van der Waals surface area contributed by atoms with Gasteiger partial charge in [0.2, 0.25) is 0 Å². The number of ether oxygens (including phenoxy) is 2. The van der Waals surface area contributed by atoms with Gasteiger partial charge in [0.25, 0.3) is 5.56 Å². The lowest BCUT2D eigenvalue weighted by atomic mass is 10.4. The minimum absolute atomic E-state index is 0.137. The summed E-state index contributed by atoms with van der Waals surface area (Å²) in [6, 6.07) is 0. The van der Waals surface area contributed by atoms with Crippen LogP contribution in [0.3, 0.4) is 0 Å². The Kier molecular flexibility index (Phi) is 6.70. The topological polar surface area (TPSA) is 65.4 Å². The van der Waals surface area contributed by atoms with Crippen molar-refractivity contribution < 1.29 is 9.47 Å². The number of halogens is 1. The second-order valence-corrected chi connectivity index (χ2v) is 3.89. The largest absolute Gasteiger partial charge is 0.383 e. The van der Waals surface area contributed by atoms with Crippen molar-refractivity contribution in [3.05, 3.63) is 21.6 Å². The predicted octanol–water partition coefficient (Wildman–Crippen LogP) is 0.991. The van der Waals surface area contributed by atoms with Gasteiger partial charge < -0.3 is 14.8 Å². The minimum Gasteiger partial charge on any atom is -0.383 e. The Morgan fingerprint density at radius 1 is 1.50 bits per heavy atom. The lowest BCUT2D eigenvalue weighted by Gasteiger charge is -2.09. The highest BCUT2D eigenvalue weighted by molar-refractivity contribution is 6.32. The number of rotatable bonds is 8. The molecule has 0 atom stereocenters. The van der Waals surface area contributed by atoms with Gasteiger partial charge in [-0.1, -0.05) is 11.6 Å². The van der Waals surface area contributed by atoms with Crippen molar-refractivity contribution in [1.29, 1.82) is 0 Å². The molecule has 1 aromatic rings. The van der Waals surface area contributed by atoms with E-state index in [1.54, 1.807) is 7.11 Å². The number of hydrogen-bond acceptors (Lipinski definition) is 5. The second-order valence-electron chi connectivity index (χ2n) is 3.52. The maximum absolute atomic E-state index is 11.8. The molecule has 0 aliphatic heterocycles. The van der Waals surface area contributed by atoms with Crippen molar-refractivity contribution in [2.75, 3.05) is 38.8 Å². The second kappa shape index (κ2) is 8.07. The first-order valence-corrected chi connectivity index (χ1v) is 6.14. The van der Waals surface area contributed by atoms with E-state index in [-0.39, 0.29) is 10.6 Å². The Balaban J connectivity index is 2.65. The summed E-state index contributed by atoms with van der Waals surface area (Å²) in [5, 5.41) is 7.16. The van der Waals surface area contributed by atoms with Crippen LogP contribution in [0.25, 0.3) is 0 Å². The van der Waals surface area contributed by atoms with E-state index in [0.717, 1.165) is 0 Å². The summed E-state index contributed by atoms with van der Waals surface area (Å²) in [7, 11) is 1.57. The van der Waals surface area contributed by atoms with Gasteiger partial charge in [-0.15, -0.1) is 0 Å². The monoisotopic (exact) mass is 275 g/mol. The van der Waals surface area contributed by atoms with Crippen LogP contribution in [-0.2, 0) is 16.0 Å². The average molecular weight is 276 g/mol. The lowest BCUT2D eigenvalue weighted by molar-refractivity contribution is 0.158. The summed E-state index contributed by atoms with van der Waals surface area (Å²) < 4.78 is 11.3. The van der Waals surface area contributed by atoms with E-state index >= 15 is 0 Å². The molecular weight excluding hydrogens is 258 g/mol. The zero-order valence-corrected chi connectivity index (χ0v) is 11.4. The smallest absolute Gasteiger partial charge is 0.287 e.